The van der Waals surface area contributed by atoms with Crippen molar-refractivity contribution in [3.8, 4) is 11.5 Å². The monoisotopic (exact) mass is 747 g/mol. The van der Waals surface area contributed by atoms with Gasteiger partial charge in [-0.1, -0.05) is 0 Å². The van der Waals surface area contributed by atoms with Crippen molar-refractivity contribution in [1.29, 1.82) is 0 Å². The maximum Gasteiger partial charge on any atom is 0.335 e. The fraction of sp³-hybridized carbons (Fsp3) is 0.517. The van der Waals surface area contributed by atoms with Gasteiger partial charge in [-0.2, -0.15) is 8.42 Å². The van der Waals surface area contributed by atoms with Gasteiger partial charge in [0.25, 0.3) is 21.9 Å². The van der Waals surface area contributed by atoms with Crippen LogP contribution in [0.25, 0.3) is 0 Å². The Morgan fingerprint density at radius 2 is 1.69 bits per heavy atom. The van der Waals surface area contributed by atoms with Crippen molar-refractivity contribution in [3.63, 3.8) is 0 Å². The molecule has 2 aliphatic rings. The molecule has 7 N–H and O–H groups in total. The molecular weight excluding hydrogens is 710 g/mol. The van der Waals surface area contributed by atoms with E-state index < -0.39 is 94.6 Å². The van der Waals surface area contributed by atoms with Crippen molar-refractivity contribution in [3.05, 3.63) is 35.9 Å². The summed E-state index contributed by atoms with van der Waals surface area (Å²) >= 11 is 0. The minimum absolute atomic E-state index is 0.0291. The van der Waals surface area contributed by atoms with Gasteiger partial charge in [-0.25, -0.2) is 4.79 Å². The van der Waals surface area contributed by atoms with Crippen LogP contribution in [0.4, 0.5) is 0 Å². The molecule has 0 unspecified atom stereocenters. The molecule has 1 aromatic rings. The summed E-state index contributed by atoms with van der Waals surface area (Å²) < 4.78 is 58.8. The third-order valence-corrected chi connectivity index (χ3v) is 7.81. The van der Waals surface area contributed by atoms with Crippen LogP contribution >= 0.6 is 0 Å². The quantitative estimate of drug-likeness (QED) is 0.0309. The molecule has 51 heavy (non-hydrogen) atoms. The average Bonchev–Trinajstić information content (AvgIpc) is 3.37. The van der Waals surface area contributed by atoms with Gasteiger partial charge >= 0.3 is 11.9 Å². The Bertz CT molecular complexity index is 1580. The van der Waals surface area contributed by atoms with Crippen LogP contribution in [0.3, 0.4) is 0 Å². The zero-order valence-electron chi connectivity index (χ0n) is 26.9. The number of hydrogen-bond acceptors (Lipinski definition) is 16. The Hall–Kier alpha value is -4.71. The second-order valence-electron chi connectivity index (χ2n) is 10.9. The molecule has 0 saturated carbocycles. The van der Waals surface area contributed by atoms with E-state index in [1.807, 2.05) is 0 Å². The highest BCUT2D eigenvalue weighted by Gasteiger charge is 2.48. The summed E-state index contributed by atoms with van der Waals surface area (Å²) in [6, 6.07) is 2.37. The number of rotatable bonds is 19. The Labute approximate surface area is 289 Å². The number of ether oxygens (including phenoxy) is 5. The number of nitrogens with zero attached hydrogens (tertiary/aromatic N) is 1. The third-order valence-electron chi connectivity index (χ3n) is 7.06. The molecule has 1 saturated heterocycles. The van der Waals surface area contributed by atoms with Crippen molar-refractivity contribution in [1.82, 2.24) is 15.5 Å². The topological polar surface area (TPSA) is 311 Å². The largest absolute Gasteiger partial charge is 0.491 e. The van der Waals surface area contributed by atoms with E-state index in [9.17, 15) is 62.2 Å². The van der Waals surface area contributed by atoms with Gasteiger partial charge in [0.2, 0.25) is 18.1 Å². The van der Waals surface area contributed by atoms with Crippen molar-refractivity contribution in [2.24, 2.45) is 0 Å². The SMILES string of the molecule is CC(=O)OCc1ccc(O[C@@H]2O[C@H](C(=O)O)[C@@H](O)[C@H](O)[C@H]2O)cc1OCCOCCNC(=O)[C@H](CS(=O)(=O)O)NC(=O)CCN1C(=O)C=CC1=O. The fourth-order valence-corrected chi connectivity index (χ4v) is 5.19. The van der Waals surface area contributed by atoms with Gasteiger partial charge in [-0.15, -0.1) is 0 Å². The fourth-order valence-electron chi connectivity index (χ4n) is 4.53. The van der Waals surface area contributed by atoms with Crippen molar-refractivity contribution < 1.29 is 85.8 Å². The van der Waals surface area contributed by atoms with E-state index >= 15 is 0 Å². The molecule has 2 aliphatic heterocycles. The van der Waals surface area contributed by atoms with Gasteiger partial charge in [-0.3, -0.25) is 33.4 Å². The summed E-state index contributed by atoms with van der Waals surface area (Å²) in [5.74, 6) is -6.41. The van der Waals surface area contributed by atoms with Gasteiger partial charge in [0.05, 0.1) is 13.2 Å². The first-order valence-electron chi connectivity index (χ1n) is 15.1. The predicted octanol–water partition coefficient (Wildman–Crippen LogP) is -3.78. The summed E-state index contributed by atoms with van der Waals surface area (Å²) in [7, 11) is -4.72. The van der Waals surface area contributed by atoms with Crippen molar-refractivity contribution in [2.75, 3.05) is 38.7 Å². The number of carboxylic acids is 1. The molecule has 0 bridgehead atoms. The normalized spacial score (nSPS) is 22.3. The molecule has 0 aliphatic carbocycles. The minimum atomic E-state index is -4.72. The van der Waals surface area contributed by atoms with Crippen LogP contribution in [0.15, 0.2) is 30.4 Å². The molecule has 1 fully saturated rings. The summed E-state index contributed by atoms with van der Waals surface area (Å²) in [5, 5.41) is 43.9. The second-order valence-corrected chi connectivity index (χ2v) is 12.4. The smallest absolute Gasteiger partial charge is 0.335 e. The molecule has 1 aromatic carbocycles. The minimum Gasteiger partial charge on any atom is -0.491 e. The van der Waals surface area contributed by atoms with Gasteiger partial charge in [0.1, 0.15) is 54.8 Å². The molecule has 21 nitrogen and oxygen atoms in total. The summed E-state index contributed by atoms with van der Waals surface area (Å²) in [6.07, 6.45) is -7.67. The standard InChI is InChI=1S/C29H37N3O18S/c1-15(33)48-13-16-2-3-17(49-29-25(39)23(37)24(38)26(50-29)28(41)42)12-19(16)47-11-10-46-9-7-30-27(40)18(14-51(43,44)45)31-20(34)6-8-32-21(35)4-5-22(32)36/h2-5,12,18,23-26,29,37-39H,6-11,13-14H2,1H3,(H,30,40)(H,31,34)(H,41,42)(H,43,44,45)/t18-,23-,24-,25+,26-,29+/m0/s1. The molecule has 22 heteroatoms. The predicted molar refractivity (Wildman–Crippen MR) is 165 cm³/mol. The number of amides is 4. The Kier molecular flexibility index (Phi) is 14.8. The number of imide groups is 1. The van der Waals surface area contributed by atoms with Crippen LogP contribution in [0.1, 0.15) is 18.9 Å². The zero-order valence-corrected chi connectivity index (χ0v) is 27.7. The number of esters is 1. The molecule has 282 valence electrons. The van der Waals surface area contributed by atoms with E-state index in [1.54, 1.807) is 0 Å². The summed E-state index contributed by atoms with van der Waals surface area (Å²) in [6.45, 7) is 0.113. The number of nitrogens with one attached hydrogen (secondary N) is 2. The van der Waals surface area contributed by atoms with E-state index in [0.717, 1.165) is 17.1 Å². The van der Waals surface area contributed by atoms with E-state index in [1.165, 1.54) is 25.1 Å². The number of aliphatic hydroxyl groups excluding tert-OH is 3. The van der Waals surface area contributed by atoms with Crippen molar-refractivity contribution >= 4 is 45.7 Å². The van der Waals surface area contributed by atoms with Crippen LogP contribution in [0.5, 0.6) is 11.5 Å². The highest BCUT2D eigenvalue weighted by molar-refractivity contribution is 7.85. The average molecular weight is 748 g/mol. The van der Waals surface area contributed by atoms with Crippen LogP contribution < -0.4 is 20.1 Å². The van der Waals surface area contributed by atoms with Crippen molar-refractivity contribution in [2.45, 2.75) is 56.7 Å². The summed E-state index contributed by atoms with van der Waals surface area (Å²) in [5.41, 5.74) is 0.357. The molecule has 0 aromatic heterocycles. The lowest BCUT2D eigenvalue weighted by Crippen LogP contribution is -2.61. The Morgan fingerprint density at radius 3 is 2.31 bits per heavy atom. The second kappa shape index (κ2) is 18.5. The Morgan fingerprint density at radius 1 is 1.00 bits per heavy atom. The number of carbonyl (C=O) groups excluding carboxylic acids is 5. The highest BCUT2D eigenvalue weighted by atomic mass is 32.2. The molecule has 3 rings (SSSR count). The van der Waals surface area contributed by atoms with Crippen LogP contribution in [-0.2, 0) is 59.7 Å². The molecule has 4 amide bonds. The first-order valence-corrected chi connectivity index (χ1v) is 16.7. The Balaban J connectivity index is 1.50. The number of carbonyl (C=O) groups is 6. The van der Waals surface area contributed by atoms with Crippen LogP contribution in [0.2, 0.25) is 0 Å². The van der Waals surface area contributed by atoms with Gasteiger partial charge in [0.15, 0.2) is 6.10 Å². The first kappa shape index (κ1) is 40.7. The number of hydrogen-bond donors (Lipinski definition) is 7. The molecule has 6 atom stereocenters. The molecule has 0 radical (unpaired) electrons. The summed E-state index contributed by atoms with van der Waals surface area (Å²) in [4.78, 5) is 71.7. The highest BCUT2D eigenvalue weighted by Crippen LogP contribution is 2.29. The lowest BCUT2D eigenvalue weighted by molar-refractivity contribution is -0.271. The zero-order chi connectivity index (χ0) is 37.9. The molecule has 0 spiro atoms. The van der Waals surface area contributed by atoms with E-state index in [2.05, 4.69) is 10.6 Å². The lowest BCUT2D eigenvalue weighted by Gasteiger charge is -2.38. The number of aliphatic carboxylic acids is 1. The maximum atomic E-state index is 12.6. The van der Waals surface area contributed by atoms with Crippen LogP contribution in [0, 0.1) is 0 Å². The van der Waals surface area contributed by atoms with E-state index in [4.69, 9.17) is 23.7 Å². The molecular formula is C29H37N3O18S. The van der Waals surface area contributed by atoms with Crippen LogP contribution in [-0.4, -0.2) is 149 Å². The maximum absolute atomic E-state index is 12.6. The van der Waals surface area contributed by atoms with E-state index in [0.29, 0.717) is 5.56 Å². The van der Waals surface area contributed by atoms with Gasteiger partial charge < -0.3 is 54.7 Å². The van der Waals surface area contributed by atoms with Gasteiger partial charge in [0, 0.05) is 50.2 Å². The third kappa shape index (κ3) is 12.5. The number of benzene rings is 1. The first-order chi connectivity index (χ1) is 24.0. The molecule has 2 heterocycles. The number of carboxylic acid groups (broad SMARTS) is 1. The van der Waals surface area contributed by atoms with Gasteiger partial charge in [-0.05, 0) is 12.1 Å². The number of aliphatic hydroxyl groups is 3. The lowest BCUT2D eigenvalue weighted by atomic mass is 9.99. The van der Waals surface area contributed by atoms with E-state index in [-0.39, 0.29) is 51.0 Å².